The third-order valence-corrected chi connectivity index (χ3v) is 6.10. The maximum atomic E-state index is 13.1. The normalized spacial score (nSPS) is 17.1. The molecule has 1 aliphatic heterocycles. The van der Waals surface area contributed by atoms with Crippen molar-refractivity contribution >= 4 is 28.7 Å². The second-order valence-corrected chi connectivity index (χ2v) is 8.02. The van der Waals surface area contributed by atoms with Crippen LogP contribution in [0.5, 0.6) is 5.75 Å². The van der Waals surface area contributed by atoms with Crippen LogP contribution in [0.15, 0.2) is 67.1 Å². The Labute approximate surface area is 187 Å². The molecule has 0 bridgehead atoms. The molecule has 1 unspecified atom stereocenters. The van der Waals surface area contributed by atoms with Crippen LogP contribution in [-0.4, -0.2) is 52.8 Å². The summed E-state index contributed by atoms with van der Waals surface area (Å²) in [6.45, 7) is 10.6. The summed E-state index contributed by atoms with van der Waals surface area (Å²) in [6, 6.07) is 9.05. The quantitative estimate of drug-likeness (QED) is 0.612. The van der Waals surface area contributed by atoms with Gasteiger partial charge >= 0.3 is 0 Å². The van der Waals surface area contributed by atoms with Crippen molar-refractivity contribution in [3.63, 3.8) is 0 Å². The van der Waals surface area contributed by atoms with E-state index in [-0.39, 0.29) is 24.5 Å². The third-order valence-electron chi connectivity index (χ3n) is 5.15. The Kier molecular flexibility index (Phi) is 7.78. The summed E-state index contributed by atoms with van der Waals surface area (Å²) < 4.78 is 5.69. The van der Waals surface area contributed by atoms with E-state index in [0.29, 0.717) is 31.8 Å². The molecule has 0 saturated carbocycles. The Morgan fingerprint density at radius 3 is 2.68 bits per heavy atom. The molecule has 0 spiro atoms. The number of hydrogen-bond donors (Lipinski definition) is 0. The van der Waals surface area contributed by atoms with Crippen LogP contribution in [0.3, 0.4) is 0 Å². The van der Waals surface area contributed by atoms with E-state index in [1.807, 2.05) is 41.8 Å². The van der Waals surface area contributed by atoms with Crippen molar-refractivity contribution in [1.82, 2.24) is 14.8 Å². The molecule has 6 nitrogen and oxygen atoms in total. The van der Waals surface area contributed by atoms with Crippen molar-refractivity contribution in [2.45, 2.75) is 19.4 Å². The number of carbonyl (C=O) groups is 2. The van der Waals surface area contributed by atoms with E-state index in [4.69, 9.17) is 9.72 Å². The molecule has 1 aromatic carbocycles. The summed E-state index contributed by atoms with van der Waals surface area (Å²) in [5, 5.41) is 2.80. The minimum Gasteiger partial charge on any atom is -0.484 e. The molecule has 7 heteroatoms. The van der Waals surface area contributed by atoms with Crippen LogP contribution < -0.4 is 4.74 Å². The van der Waals surface area contributed by atoms with Crippen molar-refractivity contribution in [2.24, 2.45) is 0 Å². The maximum absolute atomic E-state index is 13.1. The average molecular weight is 438 g/mol. The number of amides is 2. The van der Waals surface area contributed by atoms with E-state index >= 15 is 0 Å². The summed E-state index contributed by atoms with van der Waals surface area (Å²) in [5.41, 5.74) is 1.68. The number of ether oxygens (including phenoxy) is 1. The second kappa shape index (κ2) is 10.7. The van der Waals surface area contributed by atoms with Gasteiger partial charge in [0.2, 0.25) is 5.91 Å². The molecule has 31 heavy (non-hydrogen) atoms. The Bertz CT molecular complexity index is 967. The van der Waals surface area contributed by atoms with Crippen LogP contribution in [0.1, 0.15) is 30.1 Å². The van der Waals surface area contributed by atoms with E-state index in [1.54, 1.807) is 28.9 Å². The Morgan fingerprint density at radius 1 is 1.23 bits per heavy atom. The van der Waals surface area contributed by atoms with Crippen LogP contribution in [0.25, 0.3) is 5.57 Å². The summed E-state index contributed by atoms with van der Waals surface area (Å²) in [7, 11) is 0. The average Bonchev–Trinajstić information content (AvgIpc) is 3.15. The summed E-state index contributed by atoms with van der Waals surface area (Å²) >= 11 is 1.51. The molecule has 1 atom stereocenters. The molecule has 1 aliphatic rings. The third kappa shape index (κ3) is 5.70. The first kappa shape index (κ1) is 22.5. The van der Waals surface area contributed by atoms with Crippen molar-refractivity contribution < 1.29 is 14.3 Å². The minimum atomic E-state index is -0.218. The van der Waals surface area contributed by atoms with Crippen molar-refractivity contribution in [1.29, 1.82) is 0 Å². The number of carbonyl (C=O) groups excluding carboxylic acids is 2. The number of thiazole rings is 1. The minimum absolute atomic E-state index is 0.0104. The zero-order valence-electron chi connectivity index (χ0n) is 17.7. The molecule has 2 aromatic rings. The van der Waals surface area contributed by atoms with Gasteiger partial charge < -0.3 is 14.5 Å². The topological polar surface area (TPSA) is 62.7 Å². The lowest BCUT2D eigenvalue weighted by molar-refractivity contribution is -0.136. The zero-order chi connectivity index (χ0) is 22.2. The highest BCUT2D eigenvalue weighted by Gasteiger charge is 2.32. The van der Waals surface area contributed by atoms with Gasteiger partial charge in [0, 0.05) is 37.5 Å². The van der Waals surface area contributed by atoms with Gasteiger partial charge in [0.05, 0.1) is 11.7 Å². The Morgan fingerprint density at radius 2 is 2.00 bits per heavy atom. The van der Waals surface area contributed by atoms with Gasteiger partial charge in [-0.15, -0.1) is 11.3 Å². The molecule has 1 saturated heterocycles. The summed E-state index contributed by atoms with van der Waals surface area (Å²) in [5.74, 6) is 0.534. The van der Waals surface area contributed by atoms with Gasteiger partial charge in [-0.3, -0.25) is 9.59 Å². The van der Waals surface area contributed by atoms with Gasteiger partial charge in [-0.25, -0.2) is 4.98 Å². The van der Waals surface area contributed by atoms with Gasteiger partial charge in [-0.05, 0) is 18.6 Å². The molecule has 1 fully saturated rings. The number of rotatable bonds is 7. The predicted molar refractivity (Wildman–Crippen MR) is 124 cm³/mol. The smallest absolute Gasteiger partial charge is 0.261 e. The van der Waals surface area contributed by atoms with Gasteiger partial charge in [-0.2, -0.15) is 0 Å². The molecule has 0 radical (unpaired) electrons. The number of para-hydroxylation sites is 1. The highest BCUT2D eigenvalue weighted by molar-refractivity contribution is 7.09. The molecule has 0 aliphatic carbocycles. The zero-order valence-corrected chi connectivity index (χ0v) is 18.5. The van der Waals surface area contributed by atoms with E-state index in [1.165, 1.54) is 11.3 Å². The number of aromatic nitrogens is 1. The van der Waals surface area contributed by atoms with Crippen LogP contribution in [0.4, 0.5) is 0 Å². The molecule has 0 N–H and O–H groups in total. The largest absolute Gasteiger partial charge is 0.484 e. The Balaban J connectivity index is 1.83. The highest BCUT2D eigenvalue weighted by Crippen LogP contribution is 2.31. The second-order valence-electron chi connectivity index (χ2n) is 7.13. The molecule has 1 aromatic heterocycles. The number of nitrogens with zero attached hydrogens (tertiary/aromatic N) is 3. The lowest BCUT2D eigenvalue weighted by Gasteiger charge is -2.28. The summed E-state index contributed by atoms with van der Waals surface area (Å²) in [6.07, 6.45) is 5.91. The number of allylic oxidation sites excluding steroid dienone is 4. The first-order valence-corrected chi connectivity index (χ1v) is 11.0. The van der Waals surface area contributed by atoms with Crippen LogP contribution in [0.2, 0.25) is 0 Å². The van der Waals surface area contributed by atoms with Crippen molar-refractivity contribution in [3.05, 3.63) is 77.8 Å². The maximum Gasteiger partial charge on any atom is 0.261 e. The van der Waals surface area contributed by atoms with Gasteiger partial charge in [0.25, 0.3) is 5.91 Å². The van der Waals surface area contributed by atoms with E-state index in [0.717, 1.165) is 16.3 Å². The summed E-state index contributed by atoms with van der Waals surface area (Å²) in [4.78, 5) is 33.4. The monoisotopic (exact) mass is 437 g/mol. The van der Waals surface area contributed by atoms with Gasteiger partial charge in [0.15, 0.2) is 6.61 Å². The molecule has 3 rings (SSSR count). The van der Waals surface area contributed by atoms with Crippen LogP contribution in [0, 0.1) is 0 Å². The van der Waals surface area contributed by atoms with Crippen molar-refractivity contribution in [2.75, 3.05) is 26.2 Å². The first-order chi connectivity index (χ1) is 15.0. The fraction of sp³-hybridized carbons (Fsp3) is 0.292. The molecular formula is C24H27N3O3S. The molecular weight excluding hydrogens is 410 g/mol. The van der Waals surface area contributed by atoms with E-state index in [2.05, 4.69) is 13.2 Å². The standard InChI is InChI=1S/C24H27N3O3S/c1-4-9-19(5-2)21-17-31-24(25-21)22-12-13-26(18(3)28)14-15-27(22)23(29)16-30-20-10-7-6-8-11-20/h4-11,17,22H,1-2,12-16H2,3H3/b19-9+. The van der Waals surface area contributed by atoms with Crippen molar-refractivity contribution in [3.8, 4) is 5.75 Å². The van der Waals surface area contributed by atoms with Gasteiger partial charge in [0.1, 0.15) is 10.8 Å². The fourth-order valence-corrected chi connectivity index (χ4v) is 4.48. The molecule has 2 heterocycles. The SMILES string of the molecule is C=C/C=C(\C=C)c1csc(C2CCN(C(C)=O)CCN2C(=O)COc2ccccc2)n1. The fourth-order valence-electron chi connectivity index (χ4n) is 3.50. The Hall–Kier alpha value is -3.19. The van der Waals surface area contributed by atoms with E-state index < -0.39 is 0 Å². The highest BCUT2D eigenvalue weighted by atomic mass is 32.1. The lowest BCUT2D eigenvalue weighted by Crippen LogP contribution is -2.40. The molecule has 2 amide bonds. The van der Waals surface area contributed by atoms with Crippen LogP contribution >= 0.6 is 11.3 Å². The lowest BCUT2D eigenvalue weighted by atomic mass is 10.1. The number of benzene rings is 1. The molecule has 162 valence electrons. The number of hydrogen-bond acceptors (Lipinski definition) is 5. The van der Waals surface area contributed by atoms with Gasteiger partial charge in [-0.1, -0.05) is 49.6 Å². The predicted octanol–water partition coefficient (Wildman–Crippen LogP) is 4.10. The van der Waals surface area contributed by atoms with E-state index in [9.17, 15) is 9.59 Å². The van der Waals surface area contributed by atoms with Crippen LogP contribution in [-0.2, 0) is 9.59 Å². The first-order valence-electron chi connectivity index (χ1n) is 10.2.